The van der Waals surface area contributed by atoms with Gasteiger partial charge in [-0.3, -0.25) is 10.9 Å². The van der Waals surface area contributed by atoms with Gasteiger partial charge >= 0.3 is 0 Å². The van der Waals surface area contributed by atoms with Crippen LogP contribution < -0.4 is 32.3 Å². The van der Waals surface area contributed by atoms with E-state index in [9.17, 15) is 16.8 Å². The smallest absolute Gasteiger partial charge is 0.241 e. The first-order valence-electron chi connectivity index (χ1n) is 14.2. The molecule has 250 valence electrons. The van der Waals surface area contributed by atoms with Gasteiger partial charge in [-0.1, -0.05) is 81.2 Å². The number of hydrogen-bond donors (Lipinski definition) is 6. The Kier molecular flexibility index (Phi) is 10.1. The molecule has 12 nitrogen and oxygen atoms in total. The Bertz CT molecular complexity index is 1990. The fraction of sp³-hybridized carbons (Fsp3) is 0.133. The molecule has 2 unspecified atom stereocenters. The van der Waals surface area contributed by atoms with Crippen molar-refractivity contribution in [2.24, 2.45) is 9.98 Å². The minimum atomic E-state index is -4.18. The first kappa shape index (κ1) is 34.4. The van der Waals surface area contributed by atoms with Crippen molar-refractivity contribution < 1.29 is 16.8 Å². The summed E-state index contributed by atoms with van der Waals surface area (Å²) in [6.07, 6.45) is -1.50. The highest BCUT2D eigenvalue weighted by atomic mass is 35.5. The second kappa shape index (κ2) is 14.2. The minimum Gasteiger partial charge on any atom is -0.350 e. The van der Waals surface area contributed by atoms with Crippen LogP contribution in [0.5, 0.6) is 0 Å². The Morgan fingerprint density at radius 1 is 0.625 bits per heavy atom. The number of aryl methyl sites for hydroxylation is 2. The lowest BCUT2D eigenvalue weighted by atomic mass is 10.2. The number of nitrogens with zero attached hydrogens (tertiary/aromatic N) is 2. The molecular weight excluding hydrogens is 736 g/mol. The molecular formula is C30H28Cl2N8O4S4. The molecule has 18 heteroatoms. The number of sulfone groups is 2. The van der Waals surface area contributed by atoms with Gasteiger partial charge in [0.1, 0.15) is 0 Å². The van der Waals surface area contributed by atoms with E-state index in [0.717, 1.165) is 33.0 Å². The summed E-state index contributed by atoms with van der Waals surface area (Å²) in [6.45, 7) is 3.39. The maximum absolute atomic E-state index is 13.9. The number of hydrogen-bond acceptors (Lipinski definition) is 14. The van der Waals surface area contributed by atoms with Crippen LogP contribution in [0.3, 0.4) is 0 Å². The standard InChI is InChI=1S/C30H28Cl2N8O4S4/c1-17-13-25(47(41,42)29-35-27(37-39-29)33-19-9-5-3-6-10-19)23(15-21(17)31)45-46-24-16-22(32)18(2)14-26(24)48(43,44)30-36-28(38-40-30)34-20-11-7-4-8-12-20/h3-16,27-28,33-34,37-38H,1-2H3,(H,35,39)(H,36,40). The number of rotatable bonds is 9. The van der Waals surface area contributed by atoms with E-state index in [1.165, 1.54) is 24.3 Å². The van der Waals surface area contributed by atoms with Gasteiger partial charge < -0.3 is 10.6 Å². The number of aliphatic imine (C=N–C) groups is 2. The van der Waals surface area contributed by atoms with Crippen LogP contribution in [0.1, 0.15) is 11.1 Å². The molecule has 0 spiro atoms. The summed E-state index contributed by atoms with van der Waals surface area (Å²) >= 11 is 12.9. The summed E-state index contributed by atoms with van der Waals surface area (Å²) in [5.41, 5.74) is 13.5. The zero-order valence-electron chi connectivity index (χ0n) is 25.2. The summed E-state index contributed by atoms with van der Waals surface area (Å²) in [6, 6.07) is 24.4. The quantitative estimate of drug-likeness (QED) is 0.116. The monoisotopic (exact) mass is 762 g/mol. The van der Waals surface area contributed by atoms with Gasteiger partial charge in [0.05, 0.1) is 9.79 Å². The van der Waals surface area contributed by atoms with Crippen molar-refractivity contribution in [3.8, 4) is 0 Å². The molecule has 0 bridgehead atoms. The number of hydrazine groups is 2. The summed E-state index contributed by atoms with van der Waals surface area (Å²) in [7, 11) is -6.31. The molecule has 2 aliphatic rings. The number of para-hydroxylation sites is 2. The molecule has 4 aromatic carbocycles. The summed E-state index contributed by atoms with van der Waals surface area (Å²) < 4.78 is 55.6. The van der Waals surface area contributed by atoms with E-state index in [2.05, 4.69) is 42.3 Å². The summed E-state index contributed by atoms with van der Waals surface area (Å²) in [5, 5.41) is 6.28. The van der Waals surface area contributed by atoms with Gasteiger partial charge in [0, 0.05) is 31.2 Å². The molecule has 2 aliphatic heterocycles. The Hall–Kier alpha value is -3.48. The highest BCUT2D eigenvalue weighted by Crippen LogP contribution is 2.46. The van der Waals surface area contributed by atoms with Gasteiger partial charge in [-0.05, 0) is 73.5 Å². The zero-order valence-corrected chi connectivity index (χ0v) is 29.9. The van der Waals surface area contributed by atoms with Crippen molar-refractivity contribution >= 4 is 86.2 Å². The zero-order chi connectivity index (χ0) is 34.1. The molecule has 0 saturated heterocycles. The van der Waals surface area contributed by atoms with E-state index in [1.54, 1.807) is 13.8 Å². The second-order valence-electron chi connectivity index (χ2n) is 10.5. The SMILES string of the molecule is Cc1cc(S(=O)(=O)C2=NC(Nc3ccccc3)NN2)c(SSc2cc(Cl)c(C)cc2S(=O)(=O)C2=NC(Nc3ccccc3)NN2)cc1Cl. The molecule has 0 amide bonds. The molecule has 0 aromatic heterocycles. The van der Waals surface area contributed by atoms with E-state index in [-0.39, 0.29) is 29.9 Å². The maximum atomic E-state index is 13.9. The number of nitrogens with one attached hydrogen (secondary N) is 6. The third-order valence-electron chi connectivity index (χ3n) is 7.04. The predicted octanol–water partition coefficient (Wildman–Crippen LogP) is 5.68. The molecule has 2 heterocycles. The van der Waals surface area contributed by atoms with Crippen LogP contribution in [0.4, 0.5) is 11.4 Å². The Morgan fingerprint density at radius 3 is 1.38 bits per heavy atom. The number of benzene rings is 4. The first-order valence-corrected chi connectivity index (χ1v) is 20.1. The maximum Gasteiger partial charge on any atom is 0.241 e. The van der Waals surface area contributed by atoms with E-state index < -0.39 is 32.3 Å². The van der Waals surface area contributed by atoms with E-state index in [0.29, 0.717) is 21.2 Å². The first-order chi connectivity index (χ1) is 22.9. The molecule has 0 radical (unpaired) electrons. The minimum absolute atomic E-state index is 0.0567. The molecule has 0 fully saturated rings. The molecule has 4 aromatic rings. The van der Waals surface area contributed by atoms with Crippen LogP contribution >= 0.6 is 44.8 Å². The van der Waals surface area contributed by atoms with E-state index >= 15 is 0 Å². The third-order valence-corrected chi connectivity index (χ3v) is 13.8. The Balaban J connectivity index is 1.28. The van der Waals surface area contributed by atoms with Gasteiger partial charge in [0.2, 0.25) is 30.0 Å². The van der Waals surface area contributed by atoms with Crippen LogP contribution in [0.25, 0.3) is 0 Å². The average Bonchev–Trinajstić information content (AvgIpc) is 3.74. The topological polar surface area (TPSA) is 165 Å². The van der Waals surface area contributed by atoms with E-state index in [1.807, 2.05) is 60.7 Å². The average molecular weight is 764 g/mol. The van der Waals surface area contributed by atoms with Crippen molar-refractivity contribution in [2.75, 3.05) is 10.6 Å². The predicted molar refractivity (Wildman–Crippen MR) is 194 cm³/mol. The van der Waals surface area contributed by atoms with Crippen LogP contribution in [-0.2, 0) is 19.7 Å². The van der Waals surface area contributed by atoms with Crippen molar-refractivity contribution in [3.05, 3.63) is 106 Å². The van der Waals surface area contributed by atoms with Crippen molar-refractivity contribution in [1.82, 2.24) is 21.7 Å². The fourth-order valence-corrected chi connectivity index (χ4v) is 11.0. The Labute approximate surface area is 295 Å². The molecule has 2 atom stereocenters. The normalized spacial score (nSPS) is 17.7. The van der Waals surface area contributed by atoms with Crippen molar-refractivity contribution in [1.29, 1.82) is 0 Å². The van der Waals surface area contributed by atoms with E-state index in [4.69, 9.17) is 23.2 Å². The largest absolute Gasteiger partial charge is 0.350 e. The highest BCUT2D eigenvalue weighted by molar-refractivity contribution is 8.76. The summed E-state index contributed by atoms with van der Waals surface area (Å²) in [5.74, 6) is 0. The van der Waals surface area contributed by atoms with Gasteiger partial charge in [0.25, 0.3) is 0 Å². The van der Waals surface area contributed by atoms with Gasteiger partial charge in [0.15, 0.2) is 12.6 Å². The molecule has 0 aliphatic carbocycles. The van der Waals surface area contributed by atoms with Gasteiger partial charge in [-0.2, -0.15) is 10.9 Å². The Morgan fingerprint density at radius 2 is 1.00 bits per heavy atom. The van der Waals surface area contributed by atoms with Crippen molar-refractivity contribution in [2.45, 2.75) is 46.0 Å². The van der Waals surface area contributed by atoms with Gasteiger partial charge in [-0.25, -0.2) is 26.8 Å². The molecule has 6 N–H and O–H groups in total. The van der Waals surface area contributed by atoms with Crippen molar-refractivity contribution in [3.63, 3.8) is 0 Å². The highest BCUT2D eigenvalue weighted by Gasteiger charge is 2.34. The third kappa shape index (κ3) is 7.40. The number of halogens is 2. The molecule has 6 rings (SSSR count). The lowest BCUT2D eigenvalue weighted by molar-refractivity contribution is 0.593. The molecule has 0 saturated carbocycles. The number of amidine groups is 2. The lowest BCUT2D eigenvalue weighted by Gasteiger charge is -2.14. The van der Waals surface area contributed by atoms with Crippen LogP contribution in [0, 0.1) is 13.8 Å². The van der Waals surface area contributed by atoms with Crippen LogP contribution in [0.15, 0.2) is 114 Å². The fourth-order valence-electron chi connectivity index (χ4n) is 4.54. The lowest BCUT2D eigenvalue weighted by Crippen LogP contribution is -2.40. The second-order valence-corrected chi connectivity index (χ2v) is 17.2. The van der Waals surface area contributed by atoms with Crippen LogP contribution in [0.2, 0.25) is 10.0 Å². The molecule has 48 heavy (non-hydrogen) atoms. The van der Waals surface area contributed by atoms with Gasteiger partial charge in [-0.15, -0.1) is 0 Å². The number of anilines is 2. The summed E-state index contributed by atoms with van der Waals surface area (Å²) in [4.78, 5) is 9.03. The van der Waals surface area contributed by atoms with Crippen LogP contribution in [-0.4, -0.2) is 39.8 Å².